The van der Waals surface area contributed by atoms with Gasteiger partial charge in [0.05, 0.1) is 16.8 Å². The fourth-order valence-corrected chi connectivity index (χ4v) is 3.78. The van der Waals surface area contributed by atoms with Crippen molar-refractivity contribution in [1.82, 2.24) is 5.32 Å². The van der Waals surface area contributed by atoms with Gasteiger partial charge in [-0.15, -0.1) is 0 Å². The fourth-order valence-electron chi connectivity index (χ4n) is 3.50. The molecular weight excluding hydrogens is 460 g/mol. The molecule has 1 saturated heterocycles. The highest BCUT2D eigenvalue weighted by Crippen LogP contribution is 2.29. The highest BCUT2D eigenvalue weighted by atomic mass is 32.1. The van der Waals surface area contributed by atoms with Crippen molar-refractivity contribution in [3.63, 3.8) is 0 Å². The molecule has 0 aliphatic carbocycles. The molecule has 1 aliphatic heterocycles. The Morgan fingerprint density at radius 1 is 1.00 bits per heavy atom. The van der Waals surface area contributed by atoms with E-state index < -0.39 is 23.8 Å². The summed E-state index contributed by atoms with van der Waals surface area (Å²) in [5, 5.41) is 20.7. The maximum atomic E-state index is 13.1. The molecule has 34 heavy (non-hydrogen) atoms. The van der Waals surface area contributed by atoms with Crippen molar-refractivity contribution in [2.24, 2.45) is 0 Å². The predicted molar refractivity (Wildman–Crippen MR) is 125 cm³/mol. The number of nitrogens with zero attached hydrogens (tertiary/aromatic N) is 1. The maximum absolute atomic E-state index is 13.1. The number of thiocarbonyl (C=S) groups is 1. The van der Waals surface area contributed by atoms with Crippen LogP contribution in [0.3, 0.4) is 0 Å². The minimum absolute atomic E-state index is 0.0318. The zero-order valence-corrected chi connectivity index (χ0v) is 18.4. The Labute approximate surface area is 197 Å². The van der Waals surface area contributed by atoms with E-state index in [0.717, 1.165) is 4.90 Å². The SMILES string of the molecule is Cc1c(C(=O)O)cccc1-c1ccc(/C=C2\C(=O)NC(=S)N(c3ccc(C(=O)O)cc3)C2=O)o1. The fraction of sp³-hybridized carbons (Fsp3) is 0.0417. The molecule has 2 aromatic carbocycles. The van der Waals surface area contributed by atoms with Gasteiger partial charge in [-0.05, 0) is 73.2 Å². The number of carboxylic acid groups (broad SMARTS) is 2. The molecule has 0 spiro atoms. The quantitative estimate of drug-likeness (QED) is 0.289. The van der Waals surface area contributed by atoms with E-state index in [1.165, 1.54) is 36.4 Å². The lowest BCUT2D eigenvalue weighted by Gasteiger charge is -2.28. The Morgan fingerprint density at radius 3 is 2.35 bits per heavy atom. The molecular formula is C24H16N2O7S. The van der Waals surface area contributed by atoms with Gasteiger partial charge in [0.25, 0.3) is 11.8 Å². The maximum Gasteiger partial charge on any atom is 0.335 e. The van der Waals surface area contributed by atoms with Crippen LogP contribution >= 0.6 is 12.2 Å². The van der Waals surface area contributed by atoms with Gasteiger partial charge in [-0.1, -0.05) is 12.1 Å². The van der Waals surface area contributed by atoms with Crippen LogP contribution in [0.1, 0.15) is 32.0 Å². The first kappa shape index (κ1) is 22.6. The van der Waals surface area contributed by atoms with E-state index in [2.05, 4.69) is 5.32 Å². The third-order valence-corrected chi connectivity index (χ3v) is 5.50. The molecule has 1 aliphatic rings. The predicted octanol–water partition coefficient (Wildman–Crippen LogP) is 3.48. The number of rotatable bonds is 5. The molecule has 1 aromatic heterocycles. The topological polar surface area (TPSA) is 137 Å². The van der Waals surface area contributed by atoms with Crippen LogP contribution in [0.25, 0.3) is 17.4 Å². The summed E-state index contributed by atoms with van der Waals surface area (Å²) in [6, 6.07) is 13.4. The minimum atomic E-state index is -1.12. The van der Waals surface area contributed by atoms with Crippen molar-refractivity contribution in [1.29, 1.82) is 0 Å². The lowest BCUT2D eigenvalue weighted by atomic mass is 10.0. The lowest BCUT2D eigenvalue weighted by Crippen LogP contribution is -2.54. The van der Waals surface area contributed by atoms with Crippen LogP contribution in [0.4, 0.5) is 5.69 Å². The Kier molecular flexibility index (Phi) is 5.82. The first-order valence-electron chi connectivity index (χ1n) is 9.85. The molecule has 3 N–H and O–H groups in total. The number of carboxylic acids is 2. The molecule has 9 nitrogen and oxygen atoms in total. The Morgan fingerprint density at radius 2 is 1.71 bits per heavy atom. The number of hydrogen-bond acceptors (Lipinski definition) is 6. The van der Waals surface area contributed by atoms with E-state index in [4.69, 9.17) is 21.7 Å². The number of hydrogen-bond donors (Lipinski definition) is 3. The summed E-state index contributed by atoms with van der Waals surface area (Å²) in [5.74, 6) is -3.04. The lowest BCUT2D eigenvalue weighted by molar-refractivity contribution is -0.122. The van der Waals surface area contributed by atoms with Gasteiger partial charge in [-0.2, -0.15) is 0 Å². The summed E-state index contributed by atoms with van der Waals surface area (Å²) in [4.78, 5) is 49.2. The van der Waals surface area contributed by atoms with Gasteiger partial charge >= 0.3 is 11.9 Å². The summed E-state index contributed by atoms with van der Waals surface area (Å²) < 4.78 is 5.78. The first-order chi connectivity index (χ1) is 16.2. The van der Waals surface area contributed by atoms with Gasteiger partial charge in [0.15, 0.2) is 5.11 Å². The van der Waals surface area contributed by atoms with Crippen LogP contribution < -0.4 is 10.2 Å². The molecule has 1 fully saturated rings. The third kappa shape index (κ3) is 4.09. The molecule has 10 heteroatoms. The normalized spacial score (nSPS) is 14.9. The van der Waals surface area contributed by atoms with Crippen LogP contribution in [0.5, 0.6) is 0 Å². The Balaban J connectivity index is 1.67. The summed E-state index contributed by atoms with van der Waals surface area (Å²) in [6.07, 6.45) is 1.26. The second-order valence-corrected chi connectivity index (χ2v) is 7.68. The van der Waals surface area contributed by atoms with E-state index in [1.807, 2.05) is 0 Å². The molecule has 0 atom stereocenters. The number of carbonyl (C=O) groups excluding carboxylic acids is 2. The summed E-state index contributed by atoms with van der Waals surface area (Å²) in [7, 11) is 0. The van der Waals surface area contributed by atoms with Gasteiger partial charge in [0, 0.05) is 5.56 Å². The average molecular weight is 476 g/mol. The summed E-state index contributed by atoms with van der Waals surface area (Å²) in [6.45, 7) is 1.66. The van der Waals surface area contributed by atoms with E-state index in [0.29, 0.717) is 16.9 Å². The van der Waals surface area contributed by atoms with E-state index >= 15 is 0 Å². The molecule has 170 valence electrons. The second kappa shape index (κ2) is 8.75. The van der Waals surface area contributed by atoms with Gasteiger partial charge in [-0.25, -0.2) is 9.59 Å². The van der Waals surface area contributed by atoms with Gasteiger partial charge < -0.3 is 14.6 Å². The van der Waals surface area contributed by atoms with Crippen LogP contribution in [0.15, 0.2) is 64.6 Å². The Hall–Kier alpha value is -4.57. The van der Waals surface area contributed by atoms with Crippen molar-refractivity contribution >= 4 is 52.8 Å². The number of amides is 2. The number of aromatic carboxylic acids is 2. The second-order valence-electron chi connectivity index (χ2n) is 7.30. The van der Waals surface area contributed by atoms with E-state index in [9.17, 15) is 24.3 Å². The van der Waals surface area contributed by atoms with Crippen LogP contribution in [-0.4, -0.2) is 39.1 Å². The Bertz CT molecular complexity index is 1400. The van der Waals surface area contributed by atoms with Crippen molar-refractivity contribution in [2.75, 3.05) is 4.90 Å². The first-order valence-corrected chi connectivity index (χ1v) is 10.3. The third-order valence-electron chi connectivity index (χ3n) is 5.22. The molecule has 2 heterocycles. The van der Waals surface area contributed by atoms with Crippen LogP contribution in [0.2, 0.25) is 0 Å². The van der Waals surface area contributed by atoms with Crippen LogP contribution in [0, 0.1) is 6.92 Å². The molecule has 0 unspecified atom stereocenters. The minimum Gasteiger partial charge on any atom is -0.478 e. The van der Waals surface area contributed by atoms with Gasteiger partial charge in [-0.3, -0.25) is 19.8 Å². The van der Waals surface area contributed by atoms with Crippen molar-refractivity contribution in [3.05, 3.63) is 82.6 Å². The average Bonchev–Trinajstić information content (AvgIpc) is 3.25. The zero-order valence-electron chi connectivity index (χ0n) is 17.6. The molecule has 2 amide bonds. The number of nitrogens with one attached hydrogen (secondary N) is 1. The molecule has 0 saturated carbocycles. The molecule has 0 radical (unpaired) electrons. The van der Waals surface area contributed by atoms with Gasteiger partial charge in [0.2, 0.25) is 0 Å². The molecule has 4 rings (SSSR count). The number of benzene rings is 2. The van der Waals surface area contributed by atoms with Gasteiger partial charge in [0.1, 0.15) is 17.1 Å². The zero-order chi connectivity index (χ0) is 24.6. The number of furan rings is 1. The molecule has 3 aromatic rings. The van der Waals surface area contributed by atoms with Crippen molar-refractivity contribution in [3.8, 4) is 11.3 Å². The number of carbonyl (C=O) groups is 4. The monoisotopic (exact) mass is 476 g/mol. The molecule has 0 bridgehead atoms. The number of anilines is 1. The smallest absolute Gasteiger partial charge is 0.335 e. The standard InChI is InChI=1S/C24H16N2O7S/c1-12-16(3-2-4-17(12)23(31)32)19-10-9-15(33-19)11-18-20(27)25-24(34)26(21(18)28)14-7-5-13(6-8-14)22(29)30/h2-11H,1H3,(H,29,30)(H,31,32)(H,25,27,34)/b18-11+. The summed E-state index contributed by atoms with van der Waals surface area (Å²) in [5.41, 5.74) is 1.28. The van der Waals surface area contributed by atoms with E-state index in [1.54, 1.807) is 31.2 Å². The largest absolute Gasteiger partial charge is 0.478 e. The van der Waals surface area contributed by atoms with Crippen molar-refractivity contribution in [2.45, 2.75) is 6.92 Å². The van der Waals surface area contributed by atoms with E-state index in [-0.39, 0.29) is 33.3 Å². The van der Waals surface area contributed by atoms with Crippen molar-refractivity contribution < 1.29 is 33.8 Å². The highest BCUT2D eigenvalue weighted by molar-refractivity contribution is 7.80. The van der Waals surface area contributed by atoms with Crippen LogP contribution in [-0.2, 0) is 9.59 Å². The highest BCUT2D eigenvalue weighted by Gasteiger charge is 2.34. The summed E-state index contributed by atoms with van der Waals surface area (Å²) >= 11 is 5.14.